The number of carbonyl (C=O) groups is 3. The Morgan fingerprint density at radius 3 is 2.05 bits per heavy atom. The van der Waals surface area contributed by atoms with Gasteiger partial charge in [0.05, 0.1) is 0 Å². The van der Waals surface area contributed by atoms with E-state index in [-0.39, 0.29) is 11.8 Å². The molecule has 0 aliphatic rings. The van der Waals surface area contributed by atoms with Crippen molar-refractivity contribution in [2.75, 3.05) is 13.1 Å². The Morgan fingerprint density at radius 1 is 1.14 bits per heavy atom. The van der Waals surface area contributed by atoms with E-state index in [4.69, 9.17) is 5.11 Å². The first-order chi connectivity index (χ1) is 9.42. The molecule has 1 unspecified atom stereocenters. The maximum Gasteiger partial charge on any atom is 0.323 e. The molecule has 0 bridgehead atoms. The van der Waals surface area contributed by atoms with Gasteiger partial charge in [0.25, 0.3) is 0 Å². The van der Waals surface area contributed by atoms with E-state index in [2.05, 4.69) is 10.6 Å². The lowest BCUT2D eigenvalue weighted by atomic mass is 10.1. The number of carboxylic acids is 1. The molecule has 0 radical (unpaired) electrons. The molecule has 0 saturated carbocycles. The van der Waals surface area contributed by atoms with E-state index in [9.17, 15) is 14.4 Å². The number of aliphatic carboxylic acids is 1. The van der Waals surface area contributed by atoms with Crippen LogP contribution in [0.25, 0.3) is 0 Å². The summed E-state index contributed by atoms with van der Waals surface area (Å²) in [5.41, 5.74) is -0.394. The van der Waals surface area contributed by atoms with Crippen LogP contribution in [-0.4, -0.2) is 52.6 Å². The maximum absolute atomic E-state index is 12.1. The van der Waals surface area contributed by atoms with Gasteiger partial charge in [-0.1, -0.05) is 13.8 Å². The van der Waals surface area contributed by atoms with Crippen molar-refractivity contribution < 1.29 is 19.5 Å². The number of nitrogens with one attached hydrogen (secondary N) is 2. The molecule has 0 aliphatic heterocycles. The van der Waals surface area contributed by atoms with Crippen LogP contribution in [0.1, 0.15) is 41.5 Å². The summed E-state index contributed by atoms with van der Waals surface area (Å²) in [5, 5.41) is 14.1. The standard InChI is InChI=1S/C14H27N3O4/c1-9(2)7-17(8-11(18)19)13(21)15-10(3)12(20)16-14(4,5)6/h9-10H,7-8H2,1-6H3,(H,15,21)(H,16,20)(H,18,19). The van der Waals surface area contributed by atoms with Gasteiger partial charge in [-0.3, -0.25) is 9.59 Å². The highest BCUT2D eigenvalue weighted by Crippen LogP contribution is 2.02. The van der Waals surface area contributed by atoms with Gasteiger partial charge in [0.2, 0.25) is 5.91 Å². The molecule has 1 atom stereocenters. The smallest absolute Gasteiger partial charge is 0.323 e. The Bertz CT molecular complexity index is 388. The van der Waals surface area contributed by atoms with Crippen LogP contribution in [0.3, 0.4) is 0 Å². The monoisotopic (exact) mass is 301 g/mol. The van der Waals surface area contributed by atoms with Gasteiger partial charge in [-0.2, -0.15) is 0 Å². The van der Waals surface area contributed by atoms with Crippen LogP contribution in [0.15, 0.2) is 0 Å². The number of hydrogen-bond donors (Lipinski definition) is 3. The first-order valence-electron chi connectivity index (χ1n) is 7.01. The first-order valence-corrected chi connectivity index (χ1v) is 7.01. The van der Waals surface area contributed by atoms with Gasteiger partial charge in [0.15, 0.2) is 0 Å². The molecule has 3 amide bonds. The molecule has 7 heteroatoms. The molecule has 7 nitrogen and oxygen atoms in total. The minimum atomic E-state index is -1.09. The van der Waals surface area contributed by atoms with Crippen LogP contribution in [0.5, 0.6) is 0 Å². The van der Waals surface area contributed by atoms with Gasteiger partial charge >= 0.3 is 12.0 Å². The van der Waals surface area contributed by atoms with Gasteiger partial charge in [0.1, 0.15) is 12.6 Å². The topological polar surface area (TPSA) is 98.7 Å². The number of nitrogens with zero attached hydrogens (tertiary/aromatic N) is 1. The normalized spacial score (nSPS) is 12.7. The fourth-order valence-electron chi connectivity index (χ4n) is 1.64. The second-order valence-corrected chi connectivity index (χ2v) is 6.58. The van der Waals surface area contributed by atoms with Crippen LogP contribution in [0.4, 0.5) is 4.79 Å². The molecule has 0 saturated heterocycles. The van der Waals surface area contributed by atoms with E-state index < -0.39 is 30.1 Å². The van der Waals surface area contributed by atoms with Crippen molar-refractivity contribution >= 4 is 17.9 Å². The minimum Gasteiger partial charge on any atom is -0.480 e. The van der Waals surface area contributed by atoms with Crippen molar-refractivity contribution in [1.29, 1.82) is 0 Å². The summed E-state index contributed by atoms with van der Waals surface area (Å²) in [6.07, 6.45) is 0. The summed E-state index contributed by atoms with van der Waals surface area (Å²) < 4.78 is 0. The average molecular weight is 301 g/mol. The van der Waals surface area contributed by atoms with E-state index in [1.165, 1.54) is 4.90 Å². The second-order valence-electron chi connectivity index (χ2n) is 6.58. The van der Waals surface area contributed by atoms with E-state index in [1.54, 1.807) is 6.92 Å². The fraction of sp³-hybridized carbons (Fsp3) is 0.786. The summed E-state index contributed by atoms with van der Waals surface area (Å²) in [6.45, 7) is 10.8. The van der Waals surface area contributed by atoms with Gasteiger partial charge < -0.3 is 20.6 Å². The lowest BCUT2D eigenvalue weighted by Crippen LogP contribution is -2.54. The molecular formula is C14H27N3O4. The van der Waals surface area contributed by atoms with Crippen molar-refractivity contribution in [3.05, 3.63) is 0 Å². The lowest BCUT2D eigenvalue weighted by molar-refractivity contribution is -0.137. The largest absolute Gasteiger partial charge is 0.480 e. The predicted molar refractivity (Wildman–Crippen MR) is 79.9 cm³/mol. The molecule has 0 aromatic rings. The van der Waals surface area contributed by atoms with Crippen LogP contribution < -0.4 is 10.6 Å². The third kappa shape index (κ3) is 8.88. The molecule has 0 rings (SSSR count). The highest BCUT2D eigenvalue weighted by atomic mass is 16.4. The zero-order valence-corrected chi connectivity index (χ0v) is 13.7. The van der Waals surface area contributed by atoms with E-state index in [1.807, 2.05) is 34.6 Å². The highest BCUT2D eigenvalue weighted by molar-refractivity contribution is 5.88. The van der Waals surface area contributed by atoms with E-state index >= 15 is 0 Å². The Balaban J connectivity index is 4.66. The van der Waals surface area contributed by atoms with Gasteiger partial charge in [-0.15, -0.1) is 0 Å². The number of hydrogen-bond acceptors (Lipinski definition) is 3. The molecule has 122 valence electrons. The quantitative estimate of drug-likeness (QED) is 0.682. The maximum atomic E-state index is 12.1. The van der Waals surface area contributed by atoms with Crippen molar-refractivity contribution in [1.82, 2.24) is 15.5 Å². The third-order valence-corrected chi connectivity index (χ3v) is 2.43. The molecule has 21 heavy (non-hydrogen) atoms. The molecule has 0 fully saturated rings. The molecule has 0 aliphatic carbocycles. The summed E-state index contributed by atoms with van der Waals surface area (Å²) >= 11 is 0. The minimum absolute atomic E-state index is 0.133. The van der Waals surface area contributed by atoms with Gasteiger partial charge in [-0.25, -0.2) is 4.79 Å². The fourth-order valence-corrected chi connectivity index (χ4v) is 1.64. The Labute approximate surface area is 126 Å². The number of amides is 3. The Hall–Kier alpha value is -1.79. The van der Waals surface area contributed by atoms with E-state index in [0.717, 1.165) is 0 Å². The van der Waals surface area contributed by atoms with Crippen molar-refractivity contribution in [3.63, 3.8) is 0 Å². The average Bonchev–Trinajstić information content (AvgIpc) is 2.24. The van der Waals surface area contributed by atoms with Crippen LogP contribution in [0.2, 0.25) is 0 Å². The number of rotatable bonds is 6. The van der Waals surface area contributed by atoms with Crippen molar-refractivity contribution in [3.8, 4) is 0 Å². The number of carbonyl (C=O) groups excluding carboxylic acids is 2. The molecular weight excluding hydrogens is 274 g/mol. The van der Waals surface area contributed by atoms with Crippen LogP contribution in [-0.2, 0) is 9.59 Å². The molecule has 3 N–H and O–H groups in total. The predicted octanol–water partition coefficient (Wildman–Crippen LogP) is 1.04. The second kappa shape index (κ2) is 7.85. The summed E-state index contributed by atoms with van der Waals surface area (Å²) in [6, 6.07) is -1.29. The van der Waals surface area contributed by atoms with E-state index in [0.29, 0.717) is 6.54 Å². The summed E-state index contributed by atoms with van der Waals surface area (Å²) in [7, 11) is 0. The summed E-state index contributed by atoms with van der Waals surface area (Å²) in [5.74, 6) is -1.26. The van der Waals surface area contributed by atoms with Crippen molar-refractivity contribution in [2.45, 2.75) is 53.1 Å². The third-order valence-electron chi connectivity index (χ3n) is 2.43. The highest BCUT2D eigenvalue weighted by Gasteiger charge is 2.24. The molecule has 0 spiro atoms. The Kier molecular flexibility index (Phi) is 7.18. The van der Waals surface area contributed by atoms with Crippen LogP contribution in [0, 0.1) is 5.92 Å². The number of carboxylic acid groups (broad SMARTS) is 1. The molecule has 0 aromatic heterocycles. The SMILES string of the molecule is CC(C)CN(CC(=O)O)C(=O)NC(C)C(=O)NC(C)(C)C. The number of urea groups is 1. The van der Waals surface area contributed by atoms with Crippen molar-refractivity contribution in [2.24, 2.45) is 5.92 Å². The van der Waals surface area contributed by atoms with Gasteiger partial charge in [0, 0.05) is 12.1 Å². The van der Waals surface area contributed by atoms with Crippen LogP contribution >= 0.6 is 0 Å². The Morgan fingerprint density at radius 2 is 1.67 bits per heavy atom. The molecule has 0 aromatic carbocycles. The first kappa shape index (κ1) is 19.2. The molecule has 0 heterocycles. The van der Waals surface area contributed by atoms with Gasteiger partial charge in [-0.05, 0) is 33.6 Å². The lowest BCUT2D eigenvalue weighted by Gasteiger charge is -2.27. The zero-order valence-electron chi connectivity index (χ0n) is 13.7. The summed E-state index contributed by atoms with van der Waals surface area (Å²) in [4.78, 5) is 36.0. The zero-order chi connectivity index (χ0) is 16.8.